The SMILES string of the molecule is COCC1(C(=O)O)CCCN1CC(=O)NCC(F)(F)F. The summed E-state index contributed by atoms with van der Waals surface area (Å²) >= 11 is 0. The van der Waals surface area contributed by atoms with E-state index in [1.807, 2.05) is 0 Å². The average Bonchev–Trinajstić information content (AvgIpc) is 2.71. The van der Waals surface area contributed by atoms with Crippen LogP contribution in [0, 0.1) is 0 Å². The van der Waals surface area contributed by atoms with Gasteiger partial charge < -0.3 is 15.2 Å². The summed E-state index contributed by atoms with van der Waals surface area (Å²) in [7, 11) is 1.34. The molecule has 0 aliphatic carbocycles. The fraction of sp³-hybridized carbons (Fsp3) is 0.818. The van der Waals surface area contributed by atoms with Gasteiger partial charge in [-0.05, 0) is 19.4 Å². The number of ether oxygens (including phenoxy) is 1. The number of alkyl halides is 3. The van der Waals surface area contributed by atoms with Crippen molar-refractivity contribution in [3.63, 3.8) is 0 Å². The Morgan fingerprint density at radius 1 is 1.45 bits per heavy atom. The predicted octanol–water partition coefficient (Wildman–Crippen LogP) is 0.230. The van der Waals surface area contributed by atoms with Crippen molar-refractivity contribution in [2.24, 2.45) is 0 Å². The lowest BCUT2D eigenvalue weighted by Crippen LogP contribution is -2.56. The van der Waals surface area contributed by atoms with E-state index in [0.717, 1.165) is 0 Å². The first-order valence-electron chi connectivity index (χ1n) is 6.02. The van der Waals surface area contributed by atoms with Crippen LogP contribution < -0.4 is 5.32 Å². The monoisotopic (exact) mass is 298 g/mol. The normalized spacial score (nSPS) is 23.8. The molecule has 2 N–H and O–H groups in total. The van der Waals surface area contributed by atoms with E-state index >= 15 is 0 Å². The number of nitrogens with zero attached hydrogens (tertiary/aromatic N) is 1. The molecule has 0 spiro atoms. The van der Waals surface area contributed by atoms with E-state index in [2.05, 4.69) is 0 Å². The van der Waals surface area contributed by atoms with Crippen molar-refractivity contribution in [1.82, 2.24) is 10.2 Å². The van der Waals surface area contributed by atoms with Crippen LogP contribution in [-0.4, -0.2) is 66.9 Å². The number of likely N-dealkylation sites (tertiary alicyclic amines) is 1. The summed E-state index contributed by atoms with van der Waals surface area (Å²) in [6.45, 7) is -1.61. The molecule has 20 heavy (non-hydrogen) atoms. The number of carbonyl (C=O) groups excluding carboxylic acids is 1. The number of hydrogen-bond donors (Lipinski definition) is 2. The number of carboxylic acids is 1. The van der Waals surface area contributed by atoms with Gasteiger partial charge in [-0.3, -0.25) is 14.5 Å². The first kappa shape index (κ1) is 16.7. The Morgan fingerprint density at radius 3 is 2.60 bits per heavy atom. The molecule has 1 unspecified atom stereocenters. The topological polar surface area (TPSA) is 78.9 Å². The highest BCUT2D eigenvalue weighted by Gasteiger charge is 2.48. The minimum atomic E-state index is -4.49. The minimum absolute atomic E-state index is 0.116. The fourth-order valence-electron chi connectivity index (χ4n) is 2.30. The Kier molecular flexibility index (Phi) is 5.35. The van der Waals surface area contributed by atoms with E-state index in [1.54, 1.807) is 5.32 Å². The van der Waals surface area contributed by atoms with Crippen LogP contribution in [0.2, 0.25) is 0 Å². The Bertz CT molecular complexity index is 375. The second-order valence-electron chi connectivity index (χ2n) is 4.69. The lowest BCUT2D eigenvalue weighted by Gasteiger charge is -2.33. The van der Waals surface area contributed by atoms with E-state index in [4.69, 9.17) is 4.74 Å². The molecular formula is C11H17F3N2O4. The first-order valence-corrected chi connectivity index (χ1v) is 6.02. The van der Waals surface area contributed by atoms with Gasteiger partial charge >= 0.3 is 12.1 Å². The van der Waals surface area contributed by atoms with Crippen molar-refractivity contribution in [2.45, 2.75) is 24.6 Å². The summed E-state index contributed by atoms with van der Waals surface area (Å²) in [5.41, 5.74) is -1.34. The van der Waals surface area contributed by atoms with Gasteiger partial charge in [0.05, 0.1) is 13.2 Å². The van der Waals surface area contributed by atoms with Crippen molar-refractivity contribution < 1.29 is 32.6 Å². The van der Waals surface area contributed by atoms with Crippen LogP contribution in [0.25, 0.3) is 0 Å². The van der Waals surface area contributed by atoms with Crippen molar-refractivity contribution in [3.8, 4) is 0 Å². The van der Waals surface area contributed by atoms with Crippen molar-refractivity contribution in [2.75, 3.05) is 33.4 Å². The van der Waals surface area contributed by atoms with E-state index in [-0.39, 0.29) is 6.61 Å². The smallest absolute Gasteiger partial charge is 0.405 e. The zero-order valence-electron chi connectivity index (χ0n) is 11.0. The lowest BCUT2D eigenvalue weighted by atomic mass is 9.97. The highest BCUT2D eigenvalue weighted by Crippen LogP contribution is 2.29. The van der Waals surface area contributed by atoms with E-state index in [9.17, 15) is 27.9 Å². The fourth-order valence-corrected chi connectivity index (χ4v) is 2.30. The van der Waals surface area contributed by atoms with Gasteiger partial charge in [-0.2, -0.15) is 13.2 Å². The molecule has 0 aromatic carbocycles. The third kappa shape index (κ3) is 4.07. The molecule has 1 amide bonds. The van der Waals surface area contributed by atoms with Crippen LogP contribution in [-0.2, 0) is 14.3 Å². The largest absolute Gasteiger partial charge is 0.480 e. The standard InChI is InChI=1S/C11H17F3N2O4/c1-20-7-10(9(18)19)3-2-4-16(10)5-8(17)15-6-11(12,13)14/h2-7H2,1H3,(H,15,17)(H,18,19). The molecule has 1 fully saturated rings. The number of methoxy groups -OCH3 is 1. The second kappa shape index (κ2) is 6.40. The Labute approximate surface area is 113 Å². The summed E-state index contributed by atoms with van der Waals surface area (Å²) in [6.07, 6.45) is -3.65. The number of hydrogen-bond acceptors (Lipinski definition) is 4. The van der Waals surface area contributed by atoms with Gasteiger partial charge in [0.25, 0.3) is 0 Å². The van der Waals surface area contributed by atoms with Crippen LogP contribution in [0.3, 0.4) is 0 Å². The number of halogens is 3. The number of amides is 1. The summed E-state index contributed by atoms with van der Waals surface area (Å²) in [4.78, 5) is 24.2. The van der Waals surface area contributed by atoms with Crippen molar-refractivity contribution in [1.29, 1.82) is 0 Å². The van der Waals surface area contributed by atoms with Gasteiger partial charge in [-0.15, -0.1) is 0 Å². The molecular weight excluding hydrogens is 281 g/mol. The molecule has 1 atom stereocenters. The van der Waals surface area contributed by atoms with Crippen LogP contribution >= 0.6 is 0 Å². The number of carboxylic acid groups (broad SMARTS) is 1. The molecule has 0 saturated carbocycles. The second-order valence-corrected chi connectivity index (χ2v) is 4.69. The van der Waals surface area contributed by atoms with Gasteiger partial charge in [0.1, 0.15) is 12.1 Å². The maximum absolute atomic E-state index is 12.0. The van der Waals surface area contributed by atoms with Crippen LogP contribution in [0.15, 0.2) is 0 Å². The predicted molar refractivity (Wildman–Crippen MR) is 62.1 cm³/mol. The maximum atomic E-state index is 12.0. The van der Waals surface area contributed by atoms with E-state index in [0.29, 0.717) is 19.4 Å². The van der Waals surface area contributed by atoms with Crippen LogP contribution in [0.4, 0.5) is 13.2 Å². The number of carbonyl (C=O) groups is 2. The number of aliphatic carboxylic acids is 1. The van der Waals surface area contributed by atoms with Crippen molar-refractivity contribution >= 4 is 11.9 Å². The summed E-state index contributed by atoms with van der Waals surface area (Å²) in [6, 6.07) is 0. The van der Waals surface area contributed by atoms with E-state index in [1.165, 1.54) is 12.0 Å². The van der Waals surface area contributed by atoms with Crippen LogP contribution in [0.1, 0.15) is 12.8 Å². The molecule has 0 aromatic heterocycles. The molecule has 1 saturated heterocycles. The average molecular weight is 298 g/mol. The molecule has 1 heterocycles. The van der Waals surface area contributed by atoms with Crippen LogP contribution in [0.5, 0.6) is 0 Å². The Balaban J connectivity index is 2.65. The van der Waals surface area contributed by atoms with Crippen molar-refractivity contribution in [3.05, 3.63) is 0 Å². The number of rotatable bonds is 6. The van der Waals surface area contributed by atoms with Gasteiger partial charge in [-0.25, -0.2) is 0 Å². The van der Waals surface area contributed by atoms with Gasteiger partial charge in [0, 0.05) is 7.11 Å². The Morgan fingerprint density at radius 2 is 2.10 bits per heavy atom. The molecule has 0 bridgehead atoms. The van der Waals surface area contributed by atoms with E-state index < -0.39 is 36.7 Å². The maximum Gasteiger partial charge on any atom is 0.405 e. The van der Waals surface area contributed by atoms with Gasteiger partial charge in [0.2, 0.25) is 5.91 Å². The summed E-state index contributed by atoms with van der Waals surface area (Å²) in [5.74, 6) is -1.99. The zero-order chi connectivity index (χ0) is 15.4. The summed E-state index contributed by atoms with van der Waals surface area (Å²) < 4.78 is 40.8. The summed E-state index contributed by atoms with van der Waals surface area (Å²) in [5, 5.41) is 11.0. The molecule has 0 radical (unpaired) electrons. The molecule has 116 valence electrons. The third-order valence-corrected chi connectivity index (χ3v) is 3.23. The first-order chi connectivity index (χ1) is 9.21. The molecule has 0 aromatic rings. The van der Waals surface area contributed by atoms with Gasteiger partial charge in [0.15, 0.2) is 0 Å². The highest BCUT2D eigenvalue weighted by molar-refractivity contribution is 5.82. The Hall–Kier alpha value is -1.35. The molecule has 1 aliphatic rings. The molecule has 1 aliphatic heterocycles. The lowest BCUT2D eigenvalue weighted by molar-refractivity contribution is -0.155. The molecule has 6 nitrogen and oxygen atoms in total. The molecule has 1 rings (SSSR count). The molecule has 9 heteroatoms. The minimum Gasteiger partial charge on any atom is -0.480 e. The highest BCUT2D eigenvalue weighted by atomic mass is 19.4. The van der Waals surface area contributed by atoms with Gasteiger partial charge in [-0.1, -0.05) is 0 Å². The number of nitrogens with one attached hydrogen (secondary N) is 1. The quantitative estimate of drug-likeness (QED) is 0.734. The zero-order valence-corrected chi connectivity index (χ0v) is 11.0. The third-order valence-electron chi connectivity index (χ3n) is 3.23.